The van der Waals surface area contributed by atoms with Gasteiger partial charge in [-0.2, -0.15) is 0 Å². The van der Waals surface area contributed by atoms with Crippen LogP contribution in [-0.4, -0.2) is 58.5 Å². The zero-order chi connectivity index (χ0) is 12.6. The summed E-state index contributed by atoms with van der Waals surface area (Å²) in [5, 5.41) is 0. The lowest BCUT2D eigenvalue weighted by molar-refractivity contribution is 0.118. The maximum absolute atomic E-state index is 5.69. The van der Waals surface area contributed by atoms with Crippen LogP contribution in [-0.2, 0) is 9.47 Å². The SMILES string of the molecule is COCCCN(CCOC)CC1(CCN)CC1. The van der Waals surface area contributed by atoms with Gasteiger partial charge in [-0.25, -0.2) is 0 Å². The van der Waals surface area contributed by atoms with E-state index in [-0.39, 0.29) is 0 Å². The molecule has 1 fully saturated rings. The Morgan fingerprint density at radius 2 is 1.82 bits per heavy atom. The predicted molar refractivity (Wildman–Crippen MR) is 70.1 cm³/mol. The Hall–Kier alpha value is -0.160. The van der Waals surface area contributed by atoms with Gasteiger partial charge >= 0.3 is 0 Å². The van der Waals surface area contributed by atoms with Crippen molar-refractivity contribution in [2.75, 3.05) is 53.6 Å². The summed E-state index contributed by atoms with van der Waals surface area (Å²) >= 11 is 0. The fourth-order valence-electron chi connectivity index (χ4n) is 2.37. The second kappa shape index (κ2) is 8.03. The Bertz CT molecular complexity index is 196. The van der Waals surface area contributed by atoms with Crippen molar-refractivity contribution in [3.63, 3.8) is 0 Å². The zero-order valence-electron chi connectivity index (χ0n) is 11.4. The van der Waals surface area contributed by atoms with E-state index in [0.717, 1.165) is 39.3 Å². The first kappa shape index (κ1) is 14.9. The molecule has 0 amide bonds. The van der Waals surface area contributed by atoms with Gasteiger partial charge in [0.25, 0.3) is 0 Å². The monoisotopic (exact) mass is 244 g/mol. The Morgan fingerprint density at radius 1 is 1.12 bits per heavy atom. The van der Waals surface area contributed by atoms with Crippen LogP contribution >= 0.6 is 0 Å². The quantitative estimate of drug-likeness (QED) is 0.553. The fraction of sp³-hybridized carbons (Fsp3) is 1.00. The molecule has 17 heavy (non-hydrogen) atoms. The van der Waals surface area contributed by atoms with Crippen molar-refractivity contribution in [1.82, 2.24) is 4.90 Å². The van der Waals surface area contributed by atoms with E-state index in [0.29, 0.717) is 5.41 Å². The Balaban J connectivity index is 2.28. The molecule has 0 spiro atoms. The average molecular weight is 244 g/mol. The molecule has 102 valence electrons. The van der Waals surface area contributed by atoms with Gasteiger partial charge in [-0.3, -0.25) is 0 Å². The van der Waals surface area contributed by atoms with Gasteiger partial charge in [0, 0.05) is 40.5 Å². The highest BCUT2D eigenvalue weighted by atomic mass is 16.5. The maximum atomic E-state index is 5.69. The minimum atomic E-state index is 0.523. The van der Waals surface area contributed by atoms with Gasteiger partial charge < -0.3 is 20.1 Å². The molecule has 0 heterocycles. The average Bonchev–Trinajstić information content (AvgIpc) is 3.06. The molecule has 0 atom stereocenters. The molecule has 0 aliphatic heterocycles. The van der Waals surface area contributed by atoms with Crippen LogP contribution in [0.5, 0.6) is 0 Å². The molecule has 1 aliphatic carbocycles. The topological polar surface area (TPSA) is 47.7 Å². The van der Waals surface area contributed by atoms with Gasteiger partial charge in [-0.15, -0.1) is 0 Å². The molecule has 0 bridgehead atoms. The molecule has 0 unspecified atom stereocenters. The van der Waals surface area contributed by atoms with E-state index in [9.17, 15) is 0 Å². The van der Waals surface area contributed by atoms with Crippen LogP contribution in [0, 0.1) is 5.41 Å². The van der Waals surface area contributed by atoms with Crippen molar-refractivity contribution in [3.05, 3.63) is 0 Å². The molecule has 1 rings (SSSR count). The minimum absolute atomic E-state index is 0.523. The first-order valence-electron chi connectivity index (χ1n) is 6.66. The molecule has 1 aliphatic rings. The third-order valence-electron chi connectivity index (χ3n) is 3.63. The first-order valence-corrected chi connectivity index (χ1v) is 6.66. The van der Waals surface area contributed by atoms with Crippen LogP contribution in [0.2, 0.25) is 0 Å². The number of nitrogens with zero attached hydrogens (tertiary/aromatic N) is 1. The highest BCUT2D eigenvalue weighted by molar-refractivity contribution is 4.95. The summed E-state index contributed by atoms with van der Waals surface area (Å²) in [6.07, 6.45) is 4.95. The minimum Gasteiger partial charge on any atom is -0.385 e. The lowest BCUT2D eigenvalue weighted by atomic mass is 10.0. The van der Waals surface area contributed by atoms with Crippen LogP contribution in [0.4, 0.5) is 0 Å². The predicted octanol–water partition coefficient (Wildman–Crippen LogP) is 1.10. The largest absolute Gasteiger partial charge is 0.385 e. The molecule has 4 heteroatoms. The van der Waals surface area contributed by atoms with Crippen molar-refractivity contribution in [2.45, 2.75) is 25.7 Å². The molecule has 0 radical (unpaired) electrons. The van der Waals surface area contributed by atoms with Crippen molar-refractivity contribution >= 4 is 0 Å². The molecule has 4 nitrogen and oxygen atoms in total. The summed E-state index contributed by atoms with van der Waals surface area (Å²) in [5.41, 5.74) is 6.21. The Morgan fingerprint density at radius 3 is 2.35 bits per heavy atom. The van der Waals surface area contributed by atoms with Gasteiger partial charge in [-0.05, 0) is 37.6 Å². The fourth-order valence-corrected chi connectivity index (χ4v) is 2.37. The second-order valence-electron chi connectivity index (χ2n) is 5.15. The number of ether oxygens (including phenoxy) is 2. The molecule has 0 saturated heterocycles. The van der Waals surface area contributed by atoms with E-state index < -0.39 is 0 Å². The molecule has 0 aromatic heterocycles. The molecular formula is C13H28N2O2. The molecule has 2 N–H and O–H groups in total. The number of hydrogen-bond acceptors (Lipinski definition) is 4. The van der Waals surface area contributed by atoms with Gasteiger partial charge in [0.2, 0.25) is 0 Å². The lowest BCUT2D eigenvalue weighted by Gasteiger charge is -2.27. The highest BCUT2D eigenvalue weighted by Crippen LogP contribution is 2.48. The van der Waals surface area contributed by atoms with E-state index in [1.165, 1.54) is 25.8 Å². The van der Waals surface area contributed by atoms with Crippen LogP contribution in [0.1, 0.15) is 25.7 Å². The molecular weight excluding hydrogens is 216 g/mol. The standard InChI is InChI=1S/C13H28N2O2/c1-16-10-3-8-15(9-11-17-2)12-13(4-5-13)6-7-14/h3-12,14H2,1-2H3. The van der Waals surface area contributed by atoms with Crippen LogP contribution in [0.3, 0.4) is 0 Å². The van der Waals surface area contributed by atoms with Gasteiger partial charge in [0.1, 0.15) is 0 Å². The Kier molecular flexibility index (Phi) is 7.04. The van der Waals surface area contributed by atoms with E-state index in [4.69, 9.17) is 15.2 Å². The van der Waals surface area contributed by atoms with E-state index in [1.54, 1.807) is 14.2 Å². The van der Waals surface area contributed by atoms with Crippen molar-refractivity contribution in [2.24, 2.45) is 11.1 Å². The summed E-state index contributed by atoms with van der Waals surface area (Å²) in [6, 6.07) is 0. The summed E-state index contributed by atoms with van der Waals surface area (Å²) < 4.78 is 10.3. The third-order valence-corrected chi connectivity index (χ3v) is 3.63. The first-order chi connectivity index (χ1) is 8.26. The normalized spacial score (nSPS) is 17.6. The molecule has 0 aromatic rings. The molecule has 0 aromatic carbocycles. The number of methoxy groups -OCH3 is 2. The number of rotatable bonds is 11. The van der Waals surface area contributed by atoms with E-state index >= 15 is 0 Å². The van der Waals surface area contributed by atoms with E-state index in [1.807, 2.05) is 0 Å². The highest BCUT2D eigenvalue weighted by Gasteiger charge is 2.42. The summed E-state index contributed by atoms with van der Waals surface area (Å²) in [7, 11) is 3.52. The number of hydrogen-bond donors (Lipinski definition) is 1. The second-order valence-corrected chi connectivity index (χ2v) is 5.15. The third kappa shape index (κ3) is 5.82. The smallest absolute Gasteiger partial charge is 0.0589 e. The Labute approximate surface area is 105 Å². The summed E-state index contributed by atoms with van der Waals surface area (Å²) in [5.74, 6) is 0. The summed E-state index contributed by atoms with van der Waals surface area (Å²) in [6.45, 7) is 5.77. The maximum Gasteiger partial charge on any atom is 0.0589 e. The van der Waals surface area contributed by atoms with Crippen molar-refractivity contribution in [1.29, 1.82) is 0 Å². The van der Waals surface area contributed by atoms with Crippen molar-refractivity contribution < 1.29 is 9.47 Å². The van der Waals surface area contributed by atoms with Gasteiger partial charge in [-0.1, -0.05) is 0 Å². The lowest BCUT2D eigenvalue weighted by Crippen LogP contribution is -2.35. The molecule has 1 saturated carbocycles. The van der Waals surface area contributed by atoms with Crippen LogP contribution in [0.25, 0.3) is 0 Å². The van der Waals surface area contributed by atoms with Gasteiger partial charge in [0.15, 0.2) is 0 Å². The number of nitrogens with two attached hydrogens (primary N) is 1. The van der Waals surface area contributed by atoms with Crippen LogP contribution < -0.4 is 5.73 Å². The van der Waals surface area contributed by atoms with Crippen LogP contribution in [0.15, 0.2) is 0 Å². The van der Waals surface area contributed by atoms with E-state index in [2.05, 4.69) is 4.90 Å². The zero-order valence-corrected chi connectivity index (χ0v) is 11.4. The van der Waals surface area contributed by atoms with Gasteiger partial charge in [0.05, 0.1) is 6.61 Å². The summed E-state index contributed by atoms with van der Waals surface area (Å²) in [4.78, 5) is 2.51. The van der Waals surface area contributed by atoms with Crippen molar-refractivity contribution in [3.8, 4) is 0 Å².